The molecule has 5 heteroatoms. The van der Waals surface area contributed by atoms with Gasteiger partial charge in [-0.1, -0.05) is 66.0 Å². The third-order valence-corrected chi connectivity index (χ3v) is 12.1. The molecule has 4 rings (SSSR count). The maximum atomic E-state index is 11.4. The summed E-state index contributed by atoms with van der Waals surface area (Å²) in [5.41, 5.74) is 2.10. The minimum atomic E-state index is -4.42. The lowest BCUT2D eigenvalue weighted by Crippen LogP contribution is -2.51. The highest BCUT2D eigenvalue weighted by molar-refractivity contribution is 7.46. The molecule has 9 unspecified atom stereocenters. The first-order chi connectivity index (χ1) is 15.9. The fraction of sp³-hybridized carbons (Fsp3) is 0.931. The van der Waals surface area contributed by atoms with Crippen molar-refractivity contribution in [1.82, 2.24) is 0 Å². The highest BCUT2D eigenvalue weighted by atomic mass is 31.2. The van der Waals surface area contributed by atoms with E-state index in [4.69, 9.17) is 4.52 Å². The molecule has 3 fully saturated rings. The molecule has 0 heterocycles. The van der Waals surface area contributed by atoms with Crippen LogP contribution in [0.2, 0.25) is 0 Å². The van der Waals surface area contributed by atoms with Crippen LogP contribution in [0.4, 0.5) is 0 Å². The van der Waals surface area contributed by atoms with Crippen LogP contribution in [0.1, 0.15) is 112 Å². The molecule has 34 heavy (non-hydrogen) atoms. The SMILES string of the molecule is CCC(CCC(C)C1CCC2C3CC=C4CC(OP(=O)(O)O)CCC4(C)C3CCC12C)C(C)C. The molecule has 2 N–H and O–H groups in total. The Bertz CT molecular complexity index is 802. The molecule has 0 aromatic rings. The molecule has 0 aromatic heterocycles. The van der Waals surface area contributed by atoms with Crippen LogP contribution in [0.15, 0.2) is 11.6 Å². The summed E-state index contributed by atoms with van der Waals surface area (Å²) >= 11 is 0. The van der Waals surface area contributed by atoms with Crippen LogP contribution in [-0.2, 0) is 9.09 Å². The van der Waals surface area contributed by atoms with Gasteiger partial charge in [-0.05, 0) is 110 Å². The van der Waals surface area contributed by atoms with Crippen LogP contribution in [0.3, 0.4) is 0 Å². The average molecular weight is 495 g/mol. The molecule has 4 nitrogen and oxygen atoms in total. The molecule has 0 bridgehead atoms. The van der Waals surface area contributed by atoms with E-state index < -0.39 is 7.82 Å². The standard InChI is InChI=1S/C29H51O4P/c1-7-21(19(2)3)9-8-20(4)25-12-13-26-24-11-10-22-18-23(33-34(30,31)32)14-16-28(22,5)27(24)15-17-29(25,26)6/h10,19-21,23-27H,7-9,11-18H2,1-6H3,(H2,30,31,32). The van der Waals surface area contributed by atoms with Crippen molar-refractivity contribution >= 4 is 7.82 Å². The van der Waals surface area contributed by atoms with E-state index in [-0.39, 0.29) is 11.5 Å². The number of hydrogen-bond acceptors (Lipinski definition) is 2. The molecule has 0 radical (unpaired) electrons. The normalized spacial score (nSPS) is 41.9. The van der Waals surface area contributed by atoms with Crippen molar-refractivity contribution in [2.45, 2.75) is 118 Å². The summed E-state index contributed by atoms with van der Waals surface area (Å²) in [6.07, 6.45) is 15.3. The van der Waals surface area contributed by atoms with Gasteiger partial charge in [0.25, 0.3) is 0 Å². The number of fused-ring (bicyclic) bond motifs is 5. The minimum Gasteiger partial charge on any atom is -0.303 e. The molecule has 3 saturated carbocycles. The maximum Gasteiger partial charge on any atom is 0.469 e. The number of hydrogen-bond donors (Lipinski definition) is 2. The molecule has 4 aliphatic carbocycles. The van der Waals surface area contributed by atoms with Crippen LogP contribution in [0.25, 0.3) is 0 Å². The van der Waals surface area contributed by atoms with Crippen molar-refractivity contribution in [2.75, 3.05) is 0 Å². The highest BCUT2D eigenvalue weighted by Crippen LogP contribution is 2.67. The van der Waals surface area contributed by atoms with Gasteiger partial charge in [0.15, 0.2) is 0 Å². The van der Waals surface area contributed by atoms with Crippen molar-refractivity contribution in [1.29, 1.82) is 0 Å². The lowest BCUT2D eigenvalue weighted by atomic mass is 9.47. The average Bonchev–Trinajstić information content (AvgIpc) is 3.10. The largest absolute Gasteiger partial charge is 0.469 e. The van der Waals surface area contributed by atoms with Gasteiger partial charge < -0.3 is 9.79 Å². The molecule has 4 aliphatic rings. The summed E-state index contributed by atoms with van der Waals surface area (Å²) in [6.45, 7) is 14.8. The predicted molar refractivity (Wildman–Crippen MR) is 139 cm³/mol. The topological polar surface area (TPSA) is 66.8 Å². The van der Waals surface area contributed by atoms with Gasteiger partial charge in [0.05, 0.1) is 6.10 Å². The second-order valence-electron chi connectivity index (χ2n) is 13.4. The summed E-state index contributed by atoms with van der Waals surface area (Å²) in [5, 5.41) is 0. The van der Waals surface area contributed by atoms with Gasteiger partial charge in [-0.25, -0.2) is 4.57 Å². The van der Waals surface area contributed by atoms with E-state index in [0.29, 0.717) is 11.8 Å². The quantitative estimate of drug-likeness (QED) is 0.264. The number of phosphoric acid groups is 1. The van der Waals surface area contributed by atoms with Crippen LogP contribution in [0.5, 0.6) is 0 Å². The Balaban J connectivity index is 1.45. The summed E-state index contributed by atoms with van der Waals surface area (Å²) < 4.78 is 16.5. The Labute approximate surface area is 208 Å². The van der Waals surface area contributed by atoms with E-state index >= 15 is 0 Å². The third-order valence-electron chi connectivity index (χ3n) is 11.6. The number of phosphoric ester groups is 1. The van der Waals surface area contributed by atoms with E-state index in [1.165, 1.54) is 50.5 Å². The monoisotopic (exact) mass is 494 g/mol. The zero-order valence-corrected chi connectivity index (χ0v) is 23.5. The van der Waals surface area contributed by atoms with Crippen molar-refractivity contribution in [3.05, 3.63) is 11.6 Å². The van der Waals surface area contributed by atoms with E-state index in [1.807, 2.05) is 0 Å². The minimum absolute atomic E-state index is 0.189. The van der Waals surface area contributed by atoms with E-state index in [1.54, 1.807) is 0 Å². The van der Waals surface area contributed by atoms with E-state index in [9.17, 15) is 14.4 Å². The molecule has 196 valence electrons. The van der Waals surface area contributed by atoms with E-state index in [0.717, 1.165) is 60.7 Å². The molecule has 0 aliphatic heterocycles. The van der Waals surface area contributed by atoms with Gasteiger partial charge in [0.2, 0.25) is 0 Å². The van der Waals surface area contributed by atoms with Crippen molar-refractivity contribution in [2.24, 2.45) is 52.3 Å². The van der Waals surface area contributed by atoms with Gasteiger partial charge in [0.1, 0.15) is 0 Å². The van der Waals surface area contributed by atoms with Gasteiger partial charge in [-0.15, -0.1) is 0 Å². The Morgan fingerprint density at radius 3 is 2.44 bits per heavy atom. The smallest absolute Gasteiger partial charge is 0.303 e. The summed E-state index contributed by atoms with van der Waals surface area (Å²) in [6, 6.07) is 0. The van der Waals surface area contributed by atoms with Crippen LogP contribution in [-0.4, -0.2) is 15.9 Å². The first kappa shape index (κ1) is 26.9. The number of allylic oxidation sites excluding steroid dienone is 1. The Kier molecular flexibility index (Phi) is 7.88. The Hall–Kier alpha value is -0.150. The maximum absolute atomic E-state index is 11.4. The Morgan fingerprint density at radius 1 is 1.06 bits per heavy atom. The molecule has 0 aromatic carbocycles. The fourth-order valence-electron chi connectivity index (χ4n) is 9.57. The molecular weight excluding hydrogens is 443 g/mol. The van der Waals surface area contributed by atoms with Gasteiger partial charge in [-0.2, -0.15) is 0 Å². The lowest BCUT2D eigenvalue weighted by molar-refractivity contribution is -0.0572. The summed E-state index contributed by atoms with van der Waals surface area (Å²) in [4.78, 5) is 18.6. The first-order valence-corrected chi connectivity index (χ1v) is 15.9. The van der Waals surface area contributed by atoms with Crippen LogP contribution >= 0.6 is 7.82 Å². The zero-order valence-electron chi connectivity index (χ0n) is 22.6. The molecule has 0 saturated heterocycles. The Morgan fingerprint density at radius 2 is 1.79 bits per heavy atom. The van der Waals surface area contributed by atoms with Crippen molar-refractivity contribution < 1.29 is 18.9 Å². The molecule has 0 amide bonds. The number of rotatable bonds is 8. The van der Waals surface area contributed by atoms with Gasteiger partial charge in [0, 0.05) is 0 Å². The predicted octanol–water partition coefficient (Wildman–Crippen LogP) is 8.14. The second kappa shape index (κ2) is 9.96. The first-order valence-electron chi connectivity index (χ1n) is 14.3. The molecule has 0 spiro atoms. The lowest BCUT2D eigenvalue weighted by Gasteiger charge is -2.58. The van der Waals surface area contributed by atoms with Gasteiger partial charge in [-0.3, -0.25) is 4.52 Å². The van der Waals surface area contributed by atoms with Crippen molar-refractivity contribution in [3.63, 3.8) is 0 Å². The molecular formula is C29H51O4P. The second-order valence-corrected chi connectivity index (χ2v) is 14.6. The fourth-order valence-corrected chi connectivity index (χ4v) is 10.1. The zero-order chi connectivity index (χ0) is 24.9. The van der Waals surface area contributed by atoms with Crippen LogP contribution in [0, 0.1) is 52.3 Å². The van der Waals surface area contributed by atoms with Crippen molar-refractivity contribution in [3.8, 4) is 0 Å². The highest BCUT2D eigenvalue weighted by Gasteiger charge is 2.59. The summed E-state index contributed by atoms with van der Waals surface area (Å²) in [7, 11) is -4.42. The van der Waals surface area contributed by atoms with Gasteiger partial charge >= 0.3 is 7.82 Å². The van der Waals surface area contributed by atoms with Crippen LogP contribution < -0.4 is 0 Å². The van der Waals surface area contributed by atoms with E-state index in [2.05, 4.69) is 47.6 Å². The third kappa shape index (κ3) is 5.00. The summed E-state index contributed by atoms with van der Waals surface area (Å²) in [5.74, 6) is 5.70. The molecule has 9 atom stereocenters.